The van der Waals surface area contributed by atoms with E-state index < -0.39 is 0 Å². The van der Waals surface area contributed by atoms with Gasteiger partial charge in [-0.15, -0.1) is 0 Å². The number of aryl methyl sites for hydroxylation is 1. The molecule has 0 atom stereocenters. The third-order valence-corrected chi connectivity index (χ3v) is 3.38. The van der Waals surface area contributed by atoms with Crippen molar-refractivity contribution < 1.29 is 4.79 Å². The number of nitrogens with zero attached hydrogens (tertiary/aromatic N) is 2. The summed E-state index contributed by atoms with van der Waals surface area (Å²) in [7, 11) is 0. The highest BCUT2D eigenvalue weighted by Gasteiger charge is 2.10. The zero-order chi connectivity index (χ0) is 14.7. The van der Waals surface area contributed by atoms with E-state index in [1.165, 1.54) is 0 Å². The first kappa shape index (κ1) is 14.3. The summed E-state index contributed by atoms with van der Waals surface area (Å²) in [6.45, 7) is 3.98. The fourth-order valence-electron chi connectivity index (χ4n) is 1.85. The number of aromatic nitrogens is 3. The number of hydrogen-bond acceptors (Lipinski definition) is 3. The van der Waals surface area contributed by atoms with Crippen LogP contribution < -0.4 is 11.0 Å². The van der Waals surface area contributed by atoms with Crippen molar-refractivity contribution in [3.63, 3.8) is 0 Å². The molecule has 0 bridgehead atoms. The largest absolute Gasteiger partial charge is 0.325 e. The molecule has 0 unspecified atom stereocenters. The Bertz CT molecular complexity index is 690. The van der Waals surface area contributed by atoms with Gasteiger partial charge in [-0.2, -0.15) is 0 Å². The van der Waals surface area contributed by atoms with Gasteiger partial charge >= 0.3 is 5.69 Å². The van der Waals surface area contributed by atoms with Gasteiger partial charge < -0.3 is 10.3 Å². The van der Waals surface area contributed by atoms with Crippen LogP contribution in [0, 0.1) is 13.8 Å². The van der Waals surface area contributed by atoms with Crippen molar-refractivity contribution in [2.24, 2.45) is 0 Å². The van der Waals surface area contributed by atoms with Crippen LogP contribution >= 0.6 is 11.6 Å². The van der Waals surface area contributed by atoms with Gasteiger partial charge in [-0.25, -0.2) is 9.78 Å². The van der Waals surface area contributed by atoms with E-state index in [4.69, 9.17) is 11.6 Å². The van der Waals surface area contributed by atoms with Crippen LogP contribution in [0.25, 0.3) is 0 Å². The Morgan fingerprint density at radius 1 is 1.50 bits per heavy atom. The molecule has 0 aliphatic heterocycles. The molecular formula is C13H15ClN4O2. The molecule has 0 aromatic carbocycles. The smallest absolute Gasteiger partial charge is 0.323 e. The number of amides is 1. The van der Waals surface area contributed by atoms with Crippen LogP contribution in [0.1, 0.15) is 17.8 Å². The number of carbonyl (C=O) groups excluding carboxylic acids is 1. The lowest BCUT2D eigenvalue weighted by atomic mass is 10.3. The van der Waals surface area contributed by atoms with Crippen LogP contribution in [0.2, 0.25) is 5.15 Å². The first-order valence-corrected chi connectivity index (χ1v) is 6.53. The average molecular weight is 295 g/mol. The number of rotatable bonds is 4. The summed E-state index contributed by atoms with van der Waals surface area (Å²) in [5.41, 5.74) is 1.91. The SMILES string of the molecule is Cc1[nH]c(=O)n(CCC(=O)Nc2cccnc2Cl)c1C. The van der Waals surface area contributed by atoms with Crippen LogP contribution in [0.5, 0.6) is 0 Å². The van der Waals surface area contributed by atoms with Gasteiger partial charge in [0.2, 0.25) is 5.91 Å². The van der Waals surface area contributed by atoms with E-state index in [-0.39, 0.29) is 23.2 Å². The van der Waals surface area contributed by atoms with Crippen molar-refractivity contribution in [2.75, 3.05) is 5.32 Å². The van der Waals surface area contributed by atoms with Crippen molar-refractivity contribution in [3.8, 4) is 0 Å². The fourth-order valence-corrected chi connectivity index (χ4v) is 2.01. The highest BCUT2D eigenvalue weighted by atomic mass is 35.5. The topological polar surface area (TPSA) is 79.8 Å². The summed E-state index contributed by atoms with van der Waals surface area (Å²) in [4.78, 5) is 30.1. The van der Waals surface area contributed by atoms with E-state index in [9.17, 15) is 9.59 Å². The third kappa shape index (κ3) is 3.08. The predicted octanol–water partition coefficient (Wildman–Crippen LogP) is 1.87. The molecule has 2 heterocycles. The molecule has 0 saturated carbocycles. The zero-order valence-corrected chi connectivity index (χ0v) is 12.0. The Kier molecular flexibility index (Phi) is 4.24. The van der Waals surface area contributed by atoms with Crippen molar-refractivity contribution >= 4 is 23.2 Å². The minimum atomic E-state index is -0.218. The van der Waals surface area contributed by atoms with E-state index in [1.807, 2.05) is 13.8 Å². The molecule has 2 aromatic rings. The van der Waals surface area contributed by atoms with Gasteiger partial charge in [0.05, 0.1) is 5.69 Å². The molecule has 0 radical (unpaired) electrons. The molecule has 2 N–H and O–H groups in total. The van der Waals surface area contributed by atoms with Gasteiger partial charge in [-0.05, 0) is 26.0 Å². The Hall–Kier alpha value is -2.08. The van der Waals surface area contributed by atoms with Crippen molar-refractivity contribution in [3.05, 3.63) is 45.4 Å². The van der Waals surface area contributed by atoms with Crippen molar-refractivity contribution in [1.82, 2.24) is 14.5 Å². The number of halogens is 1. The Morgan fingerprint density at radius 2 is 2.25 bits per heavy atom. The first-order valence-electron chi connectivity index (χ1n) is 6.15. The normalized spacial score (nSPS) is 10.6. The van der Waals surface area contributed by atoms with E-state index in [0.29, 0.717) is 12.2 Å². The Balaban J connectivity index is 1.99. The van der Waals surface area contributed by atoms with E-state index >= 15 is 0 Å². The predicted molar refractivity (Wildman–Crippen MR) is 77.0 cm³/mol. The molecule has 1 amide bonds. The molecule has 0 fully saturated rings. The third-order valence-electron chi connectivity index (χ3n) is 3.08. The summed E-state index contributed by atoms with van der Waals surface area (Å²) in [5, 5.41) is 2.91. The van der Waals surface area contributed by atoms with Gasteiger partial charge in [0.1, 0.15) is 0 Å². The summed E-state index contributed by atoms with van der Waals surface area (Å²) in [5.74, 6) is -0.218. The fraction of sp³-hybridized carbons (Fsp3) is 0.308. The van der Waals surface area contributed by atoms with E-state index in [1.54, 1.807) is 22.9 Å². The van der Waals surface area contributed by atoms with Crippen LogP contribution in [0.15, 0.2) is 23.1 Å². The number of H-pyrrole nitrogens is 1. The molecule has 7 heteroatoms. The molecule has 0 spiro atoms. The average Bonchev–Trinajstić information content (AvgIpc) is 2.64. The Morgan fingerprint density at radius 3 is 2.85 bits per heavy atom. The van der Waals surface area contributed by atoms with Crippen LogP contribution in [-0.2, 0) is 11.3 Å². The number of hydrogen-bond donors (Lipinski definition) is 2. The van der Waals surface area contributed by atoms with Gasteiger partial charge in [0.15, 0.2) is 5.15 Å². The number of aromatic amines is 1. The van der Waals surface area contributed by atoms with Crippen LogP contribution in [0.4, 0.5) is 5.69 Å². The number of nitrogens with one attached hydrogen (secondary N) is 2. The Labute approximate surface area is 120 Å². The quantitative estimate of drug-likeness (QED) is 0.845. The second-order valence-corrected chi connectivity index (χ2v) is 4.79. The number of carbonyl (C=O) groups is 1. The molecule has 20 heavy (non-hydrogen) atoms. The van der Waals surface area contributed by atoms with E-state index in [0.717, 1.165) is 11.4 Å². The summed E-state index contributed by atoms with van der Waals surface area (Å²) >= 11 is 5.85. The molecule has 0 aliphatic carbocycles. The number of pyridine rings is 1. The lowest BCUT2D eigenvalue weighted by Crippen LogP contribution is -2.22. The molecule has 2 aromatic heterocycles. The molecular weight excluding hydrogens is 280 g/mol. The molecule has 106 valence electrons. The summed E-state index contributed by atoms with van der Waals surface area (Å²) in [6.07, 6.45) is 1.73. The second kappa shape index (κ2) is 5.92. The van der Waals surface area contributed by atoms with Crippen LogP contribution in [0.3, 0.4) is 0 Å². The van der Waals surface area contributed by atoms with Gasteiger partial charge in [-0.1, -0.05) is 11.6 Å². The van der Waals surface area contributed by atoms with Gasteiger partial charge in [0.25, 0.3) is 0 Å². The van der Waals surface area contributed by atoms with Crippen LogP contribution in [-0.4, -0.2) is 20.4 Å². The highest BCUT2D eigenvalue weighted by molar-refractivity contribution is 6.32. The molecule has 0 aliphatic rings. The second-order valence-electron chi connectivity index (χ2n) is 4.43. The standard InChI is InChI=1S/C13H15ClN4O2/c1-8-9(2)18(13(20)16-8)7-5-11(19)17-10-4-3-6-15-12(10)14/h3-4,6H,5,7H2,1-2H3,(H,16,20)(H,17,19). The lowest BCUT2D eigenvalue weighted by Gasteiger charge is -2.07. The van der Waals surface area contributed by atoms with Crippen molar-refractivity contribution in [1.29, 1.82) is 0 Å². The molecule has 0 saturated heterocycles. The summed E-state index contributed by atoms with van der Waals surface area (Å²) < 4.78 is 1.54. The summed E-state index contributed by atoms with van der Waals surface area (Å²) in [6, 6.07) is 3.36. The van der Waals surface area contributed by atoms with Gasteiger partial charge in [0, 0.05) is 30.6 Å². The minimum Gasteiger partial charge on any atom is -0.323 e. The minimum absolute atomic E-state index is 0.184. The monoisotopic (exact) mass is 294 g/mol. The van der Waals surface area contributed by atoms with Crippen molar-refractivity contribution in [2.45, 2.75) is 26.8 Å². The van der Waals surface area contributed by atoms with Gasteiger partial charge in [-0.3, -0.25) is 9.36 Å². The number of anilines is 1. The number of imidazole rings is 1. The molecule has 2 rings (SSSR count). The van der Waals surface area contributed by atoms with E-state index in [2.05, 4.69) is 15.3 Å². The first-order chi connectivity index (χ1) is 9.49. The maximum absolute atomic E-state index is 11.8. The lowest BCUT2D eigenvalue weighted by molar-refractivity contribution is -0.116. The highest BCUT2D eigenvalue weighted by Crippen LogP contribution is 2.17. The maximum Gasteiger partial charge on any atom is 0.325 e. The molecule has 6 nitrogen and oxygen atoms in total. The zero-order valence-electron chi connectivity index (χ0n) is 11.2. The maximum atomic E-state index is 11.8.